The molecule has 0 aliphatic carbocycles. The minimum atomic E-state index is 0.909. The molecule has 11 rings (SSSR count). The Hall–Kier alpha value is -6.94. The van der Waals surface area contributed by atoms with Gasteiger partial charge in [-0.25, -0.2) is 0 Å². The van der Waals surface area contributed by atoms with E-state index in [1.165, 1.54) is 53.2 Å². The van der Waals surface area contributed by atoms with Crippen molar-refractivity contribution in [1.29, 1.82) is 0 Å². The van der Waals surface area contributed by atoms with Gasteiger partial charge in [0.1, 0.15) is 11.2 Å². The van der Waals surface area contributed by atoms with Crippen molar-refractivity contribution in [2.75, 3.05) is 4.90 Å². The molecular weight excluding hydrogens is 687 g/mol. The molecule has 2 heterocycles. The van der Waals surface area contributed by atoms with Crippen molar-refractivity contribution >= 4 is 81.3 Å². The van der Waals surface area contributed by atoms with Crippen LogP contribution in [0.3, 0.4) is 0 Å². The van der Waals surface area contributed by atoms with Crippen LogP contribution in [0.1, 0.15) is 0 Å². The van der Waals surface area contributed by atoms with Crippen LogP contribution >= 0.6 is 11.3 Å². The molecular formula is C52H33NOS. The molecule has 0 amide bonds. The van der Waals surface area contributed by atoms with E-state index in [-0.39, 0.29) is 0 Å². The number of benzene rings is 9. The summed E-state index contributed by atoms with van der Waals surface area (Å²) in [4.78, 5) is 2.35. The lowest BCUT2D eigenvalue weighted by atomic mass is 9.98. The Balaban J connectivity index is 1.01. The van der Waals surface area contributed by atoms with E-state index < -0.39 is 0 Å². The smallest absolute Gasteiger partial charge is 0.143 e. The summed E-state index contributed by atoms with van der Waals surface area (Å²) in [6.07, 6.45) is 0. The highest BCUT2D eigenvalue weighted by molar-refractivity contribution is 7.26. The molecule has 0 radical (unpaired) electrons. The van der Waals surface area contributed by atoms with E-state index in [0.29, 0.717) is 0 Å². The first kappa shape index (κ1) is 31.6. The highest BCUT2D eigenvalue weighted by Crippen LogP contribution is 2.42. The number of furan rings is 1. The predicted molar refractivity (Wildman–Crippen MR) is 235 cm³/mol. The van der Waals surface area contributed by atoms with Crippen LogP contribution in [-0.4, -0.2) is 0 Å². The van der Waals surface area contributed by atoms with Crippen molar-refractivity contribution in [3.8, 4) is 33.4 Å². The van der Waals surface area contributed by atoms with E-state index in [4.69, 9.17) is 4.42 Å². The van der Waals surface area contributed by atoms with Crippen LogP contribution in [0, 0.1) is 0 Å². The first-order valence-corrected chi connectivity index (χ1v) is 19.5. The maximum atomic E-state index is 6.41. The van der Waals surface area contributed by atoms with E-state index in [1.54, 1.807) is 0 Å². The van der Waals surface area contributed by atoms with Crippen LogP contribution < -0.4 is 4.90 Å². The summed E-state index contributed by atoms with van der Waals surface area (Å²) in [7, 11) is 0. The molecule has 0 saturated heterocycles. The molecule has 11 aromatic rings. The molecule has 0 aliphatic rings. The van der Waals surface area contributed by atoms with E-state index in [0.717, 1.165) is 50.1 Å². The molecule has 0 fully saturated rings. The Morgan fingerprint density at radius 1 is 0.364 bits per heavy atom. The van der Waals surface area contributed by atoms with Gasteiger partial charge < -0.3 is 9.32 Å². The van der Waals surface area contributed by atoms with Crippen LogP contribution in [0.5, 0.6) is 0 Å². The fourth-order valence-corrected chi connectivity index (χ4v) is 9.31. The van der Waals surface area contributed by atoms with Gasteiger partial charge in [0.15, 0.2) is 0 Å². The lowest BCUT2D eigenvalue weighted by Gasteiger charge is -2.26. The van der Waals surface area contributed by atoms with Crippen LogP contribution in [-0.2, 0) is 0 Å². The normalized spacial score (nSPS) is 11.6. The van der Waals surface area contributed by atoms with E-state index in [9.17, 15) is 0 Å². The Labute approximate surface area is 322 Å². The number of rotatable bonds is 6. The molecule has 0 aliphatic heterocycles. The molecule has 0 atom stereocenters. The van der Waals surface area contributed by atoms with Crippen molar-refractivity contribution in [2.45, 2.75) is 0 Å². The van der Waals surface area contributed by atoms with Gasteiger partial charge in [-0.05, 0) is 99.3 Å². The van der Waals surface area contributed by atoms with E-state index in [2.05, 4.69) is 193 Å². The van der Waals surface area contributed by atoms with Gasteiger partial charge in [0, 0.05) is 53.6 Å². The number of para-hydroxylation sites is 2. The number of hydrogen-bond donors (Lipinski definition) is 0. The van der Waals surface area contributed by atoms with Crippen LogP contribution in [0.25, 0.3) is 86.3 Å². The Bertz CT molecular complexity index is 3190. The van der Waals surface area contributed by atoms with Gasteiger partial charge in [-0.15, -0.1) is 11.3 Å². The second kappa shape index (κ2) is 12.9. The molecule has 9 aromatic carbocycles. The zero-order valence-electron chi connectivity index (χ0n) is 29.8. The van der Waals surface area contributed by atoms with Gasteiger partial charge in [-0.3, -0.25) is 0 Å². The van der Waals surface area contributed by atoms with Crippen molar-refractivity contribution in [2.24, 2.45) is 0 Å². The Morgan fingerprint density at radius 3 is 1.82 bits per heavy atom. The number of nitrogens with zero attached hydrogens (tertiary/aromatic N) is 1. The molecule has 2 aromatic heterocycles. The highest BCUT2D eigenvalue weighted by Gasteiger charge is 2.17. The number of hydrogen-bond acceptors (Lipinski definition) is 3. The third-order valence-corrected chi connectivity index (χ3v) is 12.0. The Kier molecular flexibility index (Phi) is 7.39. The third kappa shape index (κ3) is 5.40. The zero-order valence-corrected chi connectivity index (χ0v) is 30.6. The molecule has 0 bridgehead atoms. The second-order valence-corrected chi connectivity index (χ2v) is 15.2. The van der Waals surface area contributed by atoms with E-state index >= 15 is 0 Å². The summed E-state index contributed by atoms with van der Waals surface area (Å²) in [5.74, 6) is 0. The third-order valence-electron chi connectivity index (χ3n) is 10.9. The maximum absolute atomic E-state index is 6.41. The van der Waals surface area contributed by atoms with Crippen molar-refractivity contribution in [1.82, 2.24) is 0 Å². The monoisotopic (exact) mass is 719 g/mol. The van der Waals surface area contributed by atoms with Crippen molar-refractivity contribution in [3.63, 3.8) is 0 Å². The molecule has 0 N–H and O–H groups in total. The topological polar surface area (TPSA) is 16.4 Å². The van der Waals surface area contributed by atoms with Crippen molar-refractivity contribution in [3.05, 3.63) is 200 Å². The van der Waals surface area contributed by atoms with Gasteiger partial charge in [0.05, 0.1) is 0 Å². The average Bonchev–Trinajstić information content (AvgIpc) is 3.84. The first-order chi connectivity index (χ1) is 27.2. The molecule has 0 saturated carbocycles. The summed E-state index contributed by atoms with van der Waals surface area (Å²) in [6.45, 7) is 0. The summed E-state index contributed by atoms with van der Waals surface area (Å²) in [5.41, 5.74) is 12.1. The SMILES string of the molecule is c1ccc(-c2cccc(N(c3ccc(-c4ccc5ccc6sc7ccccc7c6c5c4)cc3)c3ccc(-c4cccc5c4oc4ccccc45)cc3)c2)cc1. The summed E-state index contributed by atoms with van der Waals surface area (Å²) in [5, 5.41) is 7.52. The van der Waals surface area contributed by atoms with Gasteiger partial charge in [0.2, 0.25) is 0 Å². The second-order valence-electron chi connectivity index (χ2n) is 14.1. The molecule has 0 unspecified atom stereocenters. The lowest BCUT2D eigenvalue weighted by Crippen LogP contribution is -2.10. The van der Waals surface area contributed by atoms with E-state index in [1.807, 2.05) is 23.5 Å². The quantitative estimate of drug-likeness (QED) is 0.170. The fourth-order valence-electron chi connectivity index (χ4n) is 8.19. The molecule has 3 heteroatoms. The number of thiophene rings is 1. The summed E-state index contributed by atoms with van der Waals surface area (Å²) >= 11 is 1.87. The Morgan fingerprint density at radius 2 is 0.982 bits per heavy atom. The van der Waals surface area contributed by atoms with Crippen molar-refractivity contribution < 1.29 is 4.42 Å². The van der Waals surface area contributed by atoms with Crippen LogP contribution in [0.4, 0.5) is 17.1 Å². The highest BCUT2D eigenvalue weighted by atomic mass is 32.1. The largest absolute Gasteiger partial charge is 0.455 e. The number of anilines is 3. The molecule has 0 spiro atoms. The zero-order chi connectivity index (χ0) is 36.3. The molecule has 2 nitrogen and oxygen atoms in total. The minimum Gasteiger partial charge on any atom is -0.455 e. The maximum Gasteiger partial charge on any atom is 0.143 e. The van der Waals surface area contributed by atoms with Gasteiger partial charge in [-0.2, -0.15) is 0 Å². The predicted octanol–water partition coefficient (Wildman–Crippen LogP) is 15.6. The van der Waals surface area contributed by atoms with Gasteiger partial charge in [-0.1, -0.05) is 140 Å². The first-order valence-electron chi connectivity index (χ1n) is 18.7. The fraction of sp³-hybridized carbons (Fsp3) is 0. The van der Waals surface area contributed by atoms with Crippen LogP contribution in [0.2, 0.25) is 0 Å². The summed E-state index contributed by atoms with van der Waals surface area (Å²) < 4.78 is 9.06. The average molecular weight is 720 g/mol. The minimum absolute atomic E-state index is 0.909. The molecule has 55 heavy (non-hydrogen) atoms. The van der Waals surface area contributed by atoms with Gasteiger partial charge in [0.25, 0.3) is 0 Å². The standard InChI is InChI=1S/C52H33NOS/c1-2-10-34(11-3-1)38-12-8-13-42(32-38)53(41-29-24-36(25-30-41)43-16-9-17-45-44-14-4-6-18-48(44)54-52(43)45)40-27-22-35(23-28-40)39-21-20-37-26-31-50-51(47(37)33-39)46-15-5-7-19-49(46)55-50/h1-33H. The number of fused-ring (bicyclic) bond motifs is 8. The van der Waals surface area contributed by atoms with Gasteiger partial charge >= 0.3 is 0 Å². The van der Waals surface area contributed by atoms with Crippen LogP contribution in [0.15, 0.2) is 205 Å². The summed E-state index contributed by atoms with van der Waals surface area (Å²) in [6, 6.07) is 72.1. The lowest BCUT2D eigenvalue weighted by molar-refractivity contribution is 0.670. The molecule has 258 valence electrons.